The molecule has 0 spiro atoms. The number of benzene rings is 9. The minimum absolute atomic E-state index is 0.0938. The standard InChI is InChI=1S/C56H40N2O2/c1-35-11-9-17-43(27-35)57(45-24-21-37-13-3-5-15-39(37)29-45)46-26-23-41-32-49-50-34-53-54(48-19-7-8-20-51(48)59-53)55(56(50)60-52(49)33-42(41)31-46)58(44-18-10-12-36(2)28-44)47-25-22-38-14-4-6-16-40(38)30-47/h3-30,32-34,46H,31H2,1-2H3. The van der Waals surface area contributed by atoms with Gasteiger partial charge in [0.15, 0.2) is 5.58 Å². The van der Waals surface area contributed by atoms with E-state index >= 15 is 0 Å². The van der Waals surface area contributed by atoms with Gasteiger partial charge in [-0.25, -0.2) is 0 Å². The molecule has 4 nitrogen and oxygen atoms in total. The van der Waals surface area contributed by atoms with Gasteiger partial charge in [0, 0.05) is 38.9 Å². The quantitative estimate of drug-likeness (QED) is 0.168. The molecule has 0 aliphatic heterocycles. The molecular weight excluding hydrogens is 733 g/mol. The van der Waals surface area contributed by atoms with Crippen LogP contribution in [0.2, 0.25) is 0 Å². The van der Waals surface area contributed by atoms with Gasteiger partial charge in [-0.05, 0) is 137 Å². The van der Waals surface area contributed by atoms with Gasteiger partial charge in [-0.15, -0.1) is 0 Å². The highest BCUT2D eigenvalue weighted by atomic mass is 16.3. The van der Waals surface area contributed by atoms with Gasteiger partial charge >= 0.3 is 0 Å². The van der Waals surface area contributed by atoms with Gasteiger partial charge in [0.25, 0.3) is 0 Å². The molecule has 9 aromatic carbocycles. The molecule has 0 saturated heterocycles. The first-order chi connectivity index (χ1) is 29.5. The molecule has 0 amide bonds. The third-order valence-corrected chi connectivity index (χ3v) is 12.4. The van der Waals surface area contributed by atoms with Gasteiger partial charge in [0.2, 0.25) is 0 Å². The lowest BCUT2D eigenvalue weighted by Gasteiger charge is -2.34. The Balaban J connectivity index is 1.07. The van der Waals surface area contributed by atoms with E-state index < -0.39 is 0 Å². The Labute approximate surface area is 347 Å². The summed E-state index contributed by atoms with van der Waals surface area (Å²) in [6.45, 7) is 4.32. The van der Waals surface area contributed by atoms with Crippen LogP contribution in [0, 0.1) is 13.8 Å². The van der Waals surface area contributed by atoms with Gasteiger partial charge in [0.1, 0.15) is 22.4 Å². The largest absolute Gasteiger partial charge is 0.456 e. The number of fused-ring (bicyclic) bond motifs is 9. The van der Waals surface area contributed by atoms with Crippen LogP contribution >= 0.6 is 0 Å². The molecule has 12 rings (SSSR count). The Morgan fingerprint density at radius 1 is 0.467 bits per heavy atom. The number of hydrogen-bond donors (Lipinski definition) is 0. The van der Waals surface area contributed by atoms with Crippen molar-refractivity contribution in [2.45, 2.75) is 26.3 Å². The van der Waals surface area contributed by atoms with E-state index in [-0.39, 0.29) is 6.04 Å². The molecule has 1 aliphatic carbocycles. The van der Waals surface area contributed by atoms with E-state index in [9.17, 15) is 0 Å². The van der Waals surface area contributed by atoms with Crippen molar-refractivity contribution in [2.24, 2.45) is 0 Å². The summed E-state index contributed by atoms with van der Waals surface area (Å²) in [6, 6.07) is 63.5. The first-order valence-electron chi connectivity index (χ1n) is 20.7. The van der Waals surface area contributed by atoms with Crippen LogP contribution in [-0.2, 0) is 6.42 Å². The van der Waals surface area contributed by atoms with Gasteiger partial charge in [-0.2, -0.15) is 0 Å². The molecule has 4 heteroatoms. The maximum atomic E-state index is 7.23. The Hall–Kier alpha value is -7.56. The number of rotatable bonds is 6. The molecule has 0 N–H and O–H groups in total. The van der Waals surface area contributed by atoms with Crippen LogP contribution in [0.5, 0.6) is 0 Å². The van der Waals surface area contributed by atoms with E-state index in [1.165, 1.54) is 55.2 Å². The lowest BCUT2D eigenvalue weighted by molar-refractivity contribution is 0.663. The second-order valence-corrected chi connectivity index (χ2v) is 16.3. The van der Waals surface area contributed by atoms with E-state index in [1.54, 1.807) is 0 Å². The fraction of sp³-hybridized carbons (Fsp3) is 0.0714. The minimum atomic E-state index is 0.0938. The monoisotopic (exact) mass is 772 g/mol. The highest BCUT2D eigenvalue weighted by Crippen LogP contribution is 2.50. The lowest BCUT2D eigenvalue weighted by Crippen LogP contribution is -2.33. The third kappa shape index (κ3) is 5.60. The van der Waals surface area contributed by atoms with Crippen LogP contribution in [0.15, 0.2) is 191 Å². The first-order valence-corrected chi connectivity index (χ1v) is 20.7. The molecule has 60 heavy (non-hydrogen) atoms. The molecule has 2 aromatic heterocycles. The van der Waals surface area contributed by atoms with Crippen LogP contribution in [0.25, 0.3) is 71.5 Å². The molecule has 2 heterocycles. The van der Waals surface area contributed by atoms with Crippen LogP contribution in [0.3, 0.4) is 0 Å². The van der Waals surface area contributed by atoms with E-state index in [2.05, 4.69) is 206 Å². The van der Waals surface area contributed by atoms with Crippen molar-refractivity contribution < 1.29 is 8.83 Å². The maximum absolute atomic E-state index is 7.23. The van der Waals surface area contributed by atoms with Crippen LogP contribution in [-0.4, -0.2) is 6.04 Å². The Kier molecular flexibility index (Phi) is 7.76. The van der Waals surface area contributed by atoms with Gasteiger partial charge in [-0.3, -0.25) is 0 Å². The maximum Gasteiger partial charge on any atom is 0.160 e. The predicted molar refractivity (Wildman–Crippen MR) is 252 cm³/mol. The van der Waals surface area contributed by atoms with Crippen molar-refractivity contribution in [3.05, 3.63) is 204 Å². The number of aryl methyl sites for hydroxylation is 2. The smallest absolute Gasteiger partial charge is 0.160 e. The summed E-state index contributed by atoms with van der Waals surface area (Å²) in [6.07, 6.45) is 5.50. The van der Waals surface area contributed by atoms with Crippen LogP contribution in [0.1, 0.15) is 22.3 Å². The second-order valence-electron chi connectivity index (χ2n) is 16.3. The number of hydrogen-bond acceptors (Lipinski definition) is 4. The van der Waals surface area contributed by atoms with Crippen molar-refractivity contribution in [1.29, 1.82) is 0 Å². The SMILES string of the molecule is Cc1cccc(N(c2ccc3ccccc3c2)c2c3oc4cc5c(cc4c3cc3oc4ccccc4c23)C=CC(N(c2cccc(C)c2)c2ccc3ccccc3c2)C5)c1. The van der Waals surface area contributed by atoms with Crippen molar-refractivity contribution in [3.8, 4) is 0 Å². The lowest BCUT2D eigenvalue weighted by atomic mass is 9.91. The number of furan rings is 2. The summed E-state index contributed by atoms with van der Waals surface area (Å²) in [7, 11) is 0. The van der Waals surface area contributed by atoms with Gasteiger partial charge in [-0.1, -0.05) is 115 Å². The number of para-hydroxylation sites is 1. The van der Waals surface area contributed by atoms with Crippen molar-refractivity contribution in [1.82, 2.24) is 0 Å². The van der Waals surface area contributed by atoms with E-state index in [0.717, 1.165) is 67.4 Å². The summed E-state index contributed by atoms with van der Waals surface area (Å²) < 4.78 is 13.9. The average Bonchev–Trinajstić information content (AvgIpc) is 3.83. The normalized spacial score (nSPS) is 13.9. The summed E-state index contributed by atoms with van der Waals surface area (Å²) in [5.41, 5.74) is 13.7. The molecule has 1 unspecified atom stereocenters. The molecule has 11 aromatic rings. The molecule has 0 radical (unpaired) electrons. The summed E-state index contributed by atoms with van der Waals surface area (Å²) >= 11 is 0. The molecule has 1 atom stereocenters. The molecule has 0 saturated carbocycles. The number of anilines is 5. The molecule has 286 valence electrons. The minimum Gasteiger partial charge on any atom is -0.456 e. The zero-order chi connectivity index (χ0) is 39.9. The molecule has 0 bridgehead atoms. The summed E-state index contributed by atoms with van der Waals surface area (Å²) in [5, 5.41) is 9.03. The number of nitrogens with zero attached hydrogens (tertiary/aromatic N) is 2. The topological polar surface area (TPSA) is 32.8 Å². The average molecular weight is 773 g/mol. The molecule has 1 aliphatic rings. The second kappa shape index (κ2) is 13.5. The van der Waals surface area contributed by atoms with Crippen LogP contribution < -0.4 is 9.80 Å². The zero-order valence-corrected chi connectivity index (χ0v) is 33.4. The fourth-order valence-electron chi connectivity index (χ4n) is 9.55. The fourth-order valence-corrected chi connectivity index (χ4v) is 9.55. The van der Waals surface area contributed by atoms with Crippen molar-refractivity contribution >= 4 is 99.9 Å². The van der Waals surface area contributed by atoms with Crippen LogP contribution in [0.4, 0.5) is 28.4 Å². The highest BCUT2D eigenvalue weighted by molar-refractivity contribution is 6.24. The molecule has 0 fully saturated rings. The van der Waals surface area contributed by atoms with Crippen molar-refractivity contribution in [3.63, 3.8) is 0 Å². The zero-order valence-electron chi connectivity index (χ0n) is 33.4. The van der Waals surface area contributed by atoms with E-state index in [4.69, 9.17) is 8.83 Å². The van der Waals surface area contributed by atoms with E-state index in [0.29, 0.717) is 0 Å². The Morgan fingerprint density at radius 2 is 1.10 bits per heavy atom. The van der Waals surface area contributed by atoms with Gasteiger partial charge in [0.05, 0.1) is 11.4 Å². The predicted octanol–water partition coefficient (Wildman–Crippen LogP) is 15.7. The molecular formula is C56H40N2O2. The van der Waals surface area contributed by atoms with Gasteiger partial charge < -0.3 is 18.6 Å². The Bertz CT molecular complexity index is 3530. The summed E-state index contributed by atoms with van der Waals surface area (Å²) in [5.74, 6) is 0. The van der Waals surface area contributed by atoms with Crippen molar-refractivity contribution in [2.75, 3.05) is 9.80 Å². The first kappa shape index (κ1) is 34.5. The third-order valence-electron chi connectivity index (χ3n) is 12.4. The Morgan fingerprint density at radius 3 is 1.87 bits per heavy atom. The summed E-state index contributed by atoms with van der Waals surface area (Å²) in [4.78, 5) is 4.86. The van der Waals surface area contributed by atoms with E-state index in [1.807, 2.05) is 6.07 Å². The highest BCUT2D eigenvalue weighted by Gasteiger charge is 2.29.